The second kappa shape index (κ2) is 14.0. The van der Waals surface area contributed by atoms with Crippen molar-refractivity contribution in [3.63, 3.8) is 0 Å². The minimum atomic E-state index is -0.572. The van der Waals surface area contributed by atoms with Crippen molar-refractivity contribution >= 4 is 28.2 Å². The van der Waals surface area contributed by atoms with E-state index in [1.807, 2.05) is 42.2 Å². The van der Waals surface area contributed by atoms with E-state index >= 15 is 0 Å². The minimum Gasteiger partial charge on any atom is -0.256 e. The van der Waals surface area contributed by atoms with Crippen molar-refractivity contribution in [2.24, 2.45) is 0 Å². The van der Waals surface area contributed by atoms with Gasteiger partial charge in [-0.25, -0.2) is 15.0 Å². The second-order valence-corrected chi connectivity index (χ2v) is 16.6. The Kier molecular flexibility index (Phi) is 8.10. The van der Waals surface area contributed by atoms with Crippen LogP contribution in [0.4, 0.5) is 0 Å². The molecule has 0 atom stereocenters. The largest absolute Gasteiger partial charge is 0.256 e. The van der Waals surface area contributed by atoms with Crippen LogP contribution in [0.5, 0.6) is 0 Å². The van der Waals surface area contributed by atoms with Crippen LogP contribution in [0.25, 0.3) is 72.6 Å². The molecule has 2 aromatic heterocycles. The third-order valence-corrected chi connectivity index (χ3v) is 13.6. The Bertz CT molecular complexity index is 3190. The highest BCUT2D eigenvalue weighted by Gasteiger charge is 2.51. The van der Waals surface area contributed by atoms with E-state index in [-0.39, 0.29) is 0 Å². The third kappa shape index (κ3) is 5.32. The van der Waals surface area contributed by atoms with Crippen LogP contribution in [-0.2, 0) is 5.41 Å². The molecular weight excluding hydrogens is 749 g/mol. The fraction of sp³-hybridized carbons (Fsp3) is 0.0545. The summed E-state index contributed by atoms with van der Waals surface area (Å²) in [6.07, 6.45) is 10.5. The van der Waals surface area contributed by atoms with Gasteiger partial charge < -0.3 is 0 Å². The molecule has 0 amide bonds. The topological polar surface area (TPSA) is 51.6 Å². The van der Waals surface area contributed by atoms with Crippen molar-refractivity contribution in [1.82, 2.24) is 19.9 Å². The molecule has 1 aliphatic heterocycles. The van der Waals surface area contributed by atoms with Crippen molar-refractivity contribution in [3.05, 3.63) is 222 Å². The van der Waals surface area contributed by atoms with E-state index < -0.39 is 5.41 Å². The molecule has 0 fully saturated rings. The summed E-state index contributed by atoms with van der Waals surface area (Å²) in [5.74, 6) is 2.04. The van der Waals surface area contributed by atoms with Gasteiger partial charge in [-0.3, -0.25) is 4.98 Å². The molecule has 4 nitrogen and oxygen atoms in total. The van der Waals surface area contributed by atoms with Crippen LogP contribution in [0.2, 0.25) is 0 Å². The van der Waals surface area contributed by atoms with Crippen LogP contribution in [0.15, 0.2) is 204 Å². The predicted octanol–water partition coefficient (Wildman–Crippen LogP) is 13.6. The average Bonchev–Trinajstić information content (AvgIpc) is 3.62. The molecule has 282 valence electrons. The highest BCUT2D eigenvalue weighted by Crippen LogP contribution is 2.64. The standard InChI is InChI=1S/C55H36N4S/c1-3-15-37(16-4-1)52-57-53(38-17-5-2-6-18-38)59-54(58-52)44-23-14-27-48-51(44)60-50-40(36-31-29-35(30-32-36)39-33-34-56-49-28-12-9-21-43(39)49)22-13-26-47(50)55(48)45-24-10-7-19-41(45)42-20-8-11-25-46(42)55/h1,3-5,7-34H,2,6H2. The molecule has 9 aromatic rings. The molecule has 3 aliphatic rings. The van der Waals surface area contributed by atoms with E-state index in [4.69, 9.17) is 15.0 Å². The predicted molar refractivity (Wildman–Crippen MR) is 245 cm³/mol. The number of pyridine rings is 1. The Morgan fingerprint density at radius 1 is 0.417 bits per heavy atom. The number of fused-ring (bicyclic) bond motifs is 10. The SMILES string of the molecule is C1=CC(c2nc(-c3ccccc3)nc(-c3cccc4c3Sc3c(-c5ccc(-c6ccnc7ccccc67)cc5)cccc3C43c4ccccc4-c4ccccc43)n2)=CCC1. The normalized spacial score (nSPS) is 14.3. The molecule has 3 heterocycles. The number of hydrogen-bond acceptors (Lipinski definition) is 5. The van der Waals surface area contributed by atoms with E-state index in [1.165, 1.54) is 60.5 Å². The molecule has 0 N–H and O–H groups in total. The molecular formula is C55H36N4S. The highest BCUT2D eigenvalue weighted by molar-refractivity contribution is 7.99. The maximum absolute atomic E-state index is 5.30. The lowest BCUT2D eigenvalue weighted by Gasteiger charge is -2.41. The van der Waals surface area contributed by atoms with Gasteiger partial charge in [-0.1, -0.05) is 188 Å². The monoisotopic (exact) mass is 784 g/mol. The molecule has 60 heavy (non-hydrogen) atoms. The summed E-state index contributed by atoms with van der Waals surface area (Å²) in [5, 5.41) is 1.15. The Labute approximate surface area is 353 Å². The zero-order valence-corrected chi connectivity index (χ0v) is 33.4. The molecule has 5 heteroatoms. The van der Waals surface area contributed by atoms with E-state index in [1.54, 1.807) is 0 Å². The van der Waals surface area contributed by atoms with Crippen molar-refractivity contribution in [2.75, 3.05) is 0 Å². The molecule has 2 aliphatic carbocycles. The smallest absolute Gasteiger partial charge is 0.165 e. The van der Waals surface area contributed by atoms with Gasteiger partial charge in [-0.2, -0.15) is 0 Å². The van der Waals surface area contributed by atoms with E-state index in [0.717, 1.165) is 45.3 Å². The fourth-order valence-corrected chi connectivity index (χ4v) is 11.1. The van der Waals surface area contributed by atoms with Gasteiger partial charge in [0.1, 0.15) is 0 Å². The summed E-state index contributed by atoms with van der Waals surface area (Å²) >= 11 is 1.84. The number of aromatic nitrogens is 4. The molecule has 0 radical (unpaired) electrons. The zero-order chi connectivity index (χ0) is 39.6. The number of nitrogens with zero attached hydrogens (tertiary/aromatic N) is 4. The highest BCUT2D eigenvalue weighted by atomic mass is 32.2. The van der Waals surface area contributed by atoms with Gasteiger partial charge in [0, 0.05) is 38.1 Å². The van der Waals surface area contributed by atoms with Gasteiger partial charge in [-0.15, -0.1) is 0 Å². The number of allylic oxidation sites excluding steroid dienone is 4. The Morgan fingerprint density at radius 2 is 1.00 bits per heavy atom. The van der Waals surface area contributed by atoms with Crippen molar-refractivity contribution in [2.45, 2.75) is 28.0 Å². The number of hydrogen-bond donors (Lipinski definition) is 0. The van der Waals surface area contributed by atoms with Crippen LogP contribution in [0.3, 0.4) is 0 Å². The lowest BCUT2D eigenvalue weighted by molar-refractivity contribution is 0.723. The average molecular weight is 785 g/mol. The van der Waals surface area contributed by atoms with Gasteiger partial charge in [0.15, 0.2) is 17.5 Å². The number of benzene rings is 7. The molecule has 0 saturated heterocycles. The van der Waals surface area contributed by atoms with Crippen molar-refractivity contribution in [1.29, 1.82) is 0 Å². The summed E-state index contributed by atoms with van der Waals surface area (Å²) in [5.41, 5.74) is 15.8. The number of rotatable bonds is 5. The Morgan fingerprint density at radius 3 is 1.73 bits per heavy atom. The van der Waals surface area contributed by atoms with E-state index in [9.17, 15) is 0 Å². The second-order valence-electron chi connectivity index (χ2n) is 15.6. The van der Waals surface area contributed by atoms with Gasteiger partial charge in [-0.05, 0) is 80.6 Å². The first-order chi connectivity index (χ1) is 29.8. The summed E-state index contributed by atoms with van der Waals surface area (Å²) in [6, 6.07) is 61.4. The Balaban J connectivity index is 1.10. The van der Waals surface area contributed by atoms with Gasteiger partial charge in [0.2, 0.25) is 0 Å². The Hall–Kier alpha value is -7.21. The van der Waals surface area contributed by atoms with E-state index in [2.05, 4.69) is 169 Å². The summed E-state index contributed by atoms with van der Waals surface area (Å²) in [6.45, 7) is 0. The van der Waals surface area contributed by atoms with Gasteiger partial charge in [0.25, 0.3) is 0 Å². The van der Waals surface area contributed by atoms with Gasteiger partial charge >= 0.3 is 0 Å². The van der Waals surface area contributed by atoms with Crippen LogP contribution in [0, 0.1) is 0 Å². The minimum absolute atomic E-state index is 0.572. The summed E-state index contributed by atoms with van der Waals surface area (Å²) < 4.78 is 0. The quantitative estimate of drug-likeness (QED) is 0.174. The third-order valence-electron chi connectivity index (χ3n) is 12.3. The molecule has 7 aromatic carbocycles. The van der Waals surface area contributed by atoms with Crippen LogP contribution >= 0.6 is 11.8 Å². The van der Waals surface area contributed by atoms with Gasteiger partial charge in [0.05, 0.1) is 10.9 Å². The molecule has 1 spiro atoms. The summed E-state index contributed by atoms with van der Waals surface area (Å²) in [7, 11) is 0. The maximum Gasteiger partial charge on any atom is 0.165 e. The summed E-state index contributed by atoms with van der Waals surface area (Å²) in [4.78, 5) is 22.7. The first kappa shape index (κ1) is 34.8. The van der Waals surface area contributed by atoms with E-state index in [0.29, 0.717) is 17.5 Å². The van der Waals surface area contributed by atoms with Crippen molar-refractivity contribution in [3.8, 4) is 56.2 Å². The number of para-hydroxylation sites is 1. The lowest BCUT2D eigenvalue weighted by Crippen LogP contribution is -2.32. The molecule has 0 bridgehead atoms. The maximum atomic E-state index is 5.30. The van der Waals surface area contributed by atoms with Crippen LogP contribution in [0.1, 0.15) is 40.9 Å². The zero-order valence-electron chi connectivity index (χ0n) is 32.6. The van der Waals surface area contributed by atoms with Crippen molar-refractivity contribution < 1.29 is 0 Å². The molecule has 0 unspecified atom stereocenters. The first-order valence-electron chi connectivity index (χ1n) is 20.5. The molecule has 0 saturated carbocycles. The van der Waals surface area contributed by atoms with Crippen LogP contribution in [-0.4, -0.2) is 19.9 Å². The fourth-order valence-electron chi connectivity index (χ4n) is 9.65. The first-order valence-corrected chi connectivity index (χ1v) is 21.3. The lowest BCUT2D eigenvalue weighted by atomic mass is 9.66. The molecule has 12 rings (SSSR count). The van der Waals surface area contributed by atoms with Crippen LogP contribution < -0.4 is 0 Å².